The van der Waals surface area contributed by atoms with Crippen molar-refractivity contribution in [3.63, 3.8) is 0 Å². The molecule has 0 bridgehead atoms. The first-order chi connectivity index (χ1) is 16.2. The molecule has 1 aliphatic heterocycles. The molecule has 4 aromatic rings. The number of benzene rings is 1. The summed E-state index contributed by atoms with van der Waals surface area (Å²) in [5.74, 6) is 0.567. The van der Waals surface area contributed by atoms with Gasteiger partial charge in [-0.2, -0.15) is 9.94 Å². The molecule has 0 spiro atoms. The second-order valence-electron chi connectivity index (χ2n) is 8.39. The molecule has 0 saturated heterocycles. The van der Waals surface area contributed by atoms with Gasteiger partial charge in [-0.15, -0.1) is 5.10 Å². The third kappa shape index (κ3) is 3.64. The normalized spacial score (nSPS) is 14.6. The number of aromatic nitrogens is 5. The van der Waals surface area contributed by atoms with Crippen LogP contribution in [-0.4, -0.2) is 31.3 Å². The van der Waals surface area contributed by atoms with Gasteiger partial charge in [0.1, 0.15) is 17.5 Å². The van der Waals surface area contributed by atoms with Gasteiger partial charge >= 0.3 is 5.69 Å². The first kappa shape index (κ1) is 22.2. The van der Waals surface area contributed by atoms with Crippen LogP contribution >= 0.6 is 23.2 Å². The van der Waals surface area contributed by atoms with E-state index in [1.165, 1.54) is 12.1 Å². The molecule has 0 saturated carbocycles. The Bertz CT molecular complexity index is 1610. The molecule has 3 aromatic heterocycles. The van der Waals surface area contributed by atoms with Crippen molar-refractivity contribution >= 4 is 34.2 Å². The fourth-order valence-electron chi connectivity index (χ4n) is 4.05. The second kappa shape index (κ2) is 7.99. The Labute approximate surface area is 201 Å². The minimum Gasteiger partial charge on any atom is -0.453 e. The molecule has 172 valence electrons. The lowest BCUT2D eigenvalue weighted by atomic mass is 9.82. The van der Waals surface area contributed by atoms with Crippen LogP contribution in [-0.2, 0) is 16.8 Å². The number of halogens is 2. The topological polar surface area (TPSA) is 139 Å². The van der Waals surface area contributed by atoms with Crippen LogP contribution in [0.3, 0.4) is 0 Å². The number of pyridine rings is 1. The molecule has 10 nitrogen and oxygen atoms in total. The van der Waals surface area contributed by atoms with Crippen LogP contribution in [0, 0.1) is 11.3 Å². The van der Waals surface area contributed by atoms with E-state index in [1.54, 1.807) is 12.3 Å². The molecule has 0 unspecified atom stereocenters. The molecule has 0 atom stereocenters. The van der Waals surface area contributed by atoms with Gasteiger partial charge in [0.05, 0.1) is 35.1 Å². The van der Waals surface area contributed by atoms with Crippen molar-refractivity contribution in [1.29, 1.82) is 5.26 Å². The summed E-state index contributed by atoms with van der Waals surface area (Å²) in [5.41, 5.74) is 0.560. The van der Waals surface area contributed by atoms with Gasteiger partial charge in [-0.1, -0.05) is 37.0 Å². The Kier molecular flexibility index (Phi) is 5.20. The Morgan fingerprint density at radius 3 is 2.65 bits per heavy atom. The summed E-state index contributed by atoms with van der Waals surface area (Å²) in [6.07, 6.45) is 1.55. The van der Waals surface area contributed by atoms with E-state index in [4.69, 9.17) is 37.9 Å². The number of nitriles is 1. The van der Waals surface area contributed by atoms with E-state index in [1.807, 2.05) is 11.1 Å². The van der Waals surface area contributed by atoms with Gasteiger partial charge < -0.3 is 14.5 Å². The van der Waals surface area contributed by atoms with Crippen molar-refractivity contribution in [3.05, 3.63) is 72.2 Å². The summed E-state index contributed by atoms with van der Waals surface area (Å²) in [5, 5.41) is 13.9. The van der Waals surface area contributed by atoms with Gasteiger partial charge in [0.2, 0.25) is 5.69 Å². The highest BCUT2D eigenvalue weighted by molar-refractivity contribution is 6.37. The van der Waals surface area contributed by atoms with Crippen molar-refractivity contribution in [2.75, 3.05) is 6.61 Å². The van der Waals surface area contributed by atoms with Crippen LogP contribution in [0.4, 0.5) is 0 Å². The molecule has 1 aliphatic rings. The van der Waals surface area contributed by atoms with E-state index in [9.17, 15) is 9.59 Å². The lowest BCUT2D eigenvalue weighted by Crippen LogP contribution is -2.33. The zero-order valence-electron chi connectivity index (χ0n) is 17.9. The Hall–Kier alpha value is -3.65. The lowest BCUT2D eigenvalue weighted by Gasteiger charge is -2.30. The minimum atomic E-state index is -0.884. The van der Waals surface area contributed by atoms with Crippen molar-refractivity contribution in [1.82, 2.24) is 24.7 Å². The second-order valence-corrected chi connectivity index (χ2v) is 9.21. The molecule has 12 heteroatoms. The average Bonchev–Trinajstić information content (AvgIpc) is 3.15. The third-order valence-electron chi connectivity index (χ3n) is 5.47. The number of nitrogens with zero attached hydrogens (tertiary/aromatic N) is 4. The number of hydrogen-bond acceptors (Lipinski definition) is 7. The quantitative estimate of drug-likeness (QED) is 0.439. The fourth-order valence-corrected chi connectivity index (χ4v) is 4.61. The molecule has 0 radical (unpaired) electrons. The van der Waals surface area contributed by atoms with Gasteiger partial charge in [0.15, 0.2) is 5.75 Å². The highest BCUT2D eigenvalue weighted by atomic mass is 35.5. The van der Waals surface area contributed by atoms with E-state index in [0.29, 0.717) is 19.0 Å². The zero-order valence-corrected chi connectivity index (χ0v) is 19.4. The van der Waals surface area contributed by atoms with Crippen molar-refractivity contribution in [3.8, 4) is 23.3 Å². The molecular weight excluding hydrogens is 483 g/mol. The van der Waals surface area contributed by atoms with Gasteiger partial charge in [-0.25, -0.2) is 9.78 Å². The molecule has 1 aromatic carbocycles. The summed E-state index contributed by atoms with van der Waals surface area (Å²) in [6.45, 7) is 5.27. The van der Waals surface area contributed by atoms with E-state index < -0.39 is 16.9 Å². The van der Waals surface area contributed by atoms with Crippen LogP contribution < -0.4 is 16.0 Å². The van der Waals surface area contributed by atoms with Crippen LogP contribution in [0.5, 0.6) is 11.5 Å². The number of H-pyrrole nitrogens is 2. The predicted octanol–water partition coefficient (Wildman–Crippen LogP) is 3.58. The Morgan fingerprint density at radius 1 is 1.21 bits per heavy atom. The minimum absolute atomic E-state index is 0.0887. The van der Waals surface area contributed by atoms with E-state index >= 15 is 0 Å². The van der Waals surface area contributed by atoms with E-state index in [-0.39, 0.29) is 26.9 Å². The molecule has 5 rings (SSSR count). The van der Waals surface area contributed by atoms with Crippen LogP contribution in [0.1, 0.15) is 30.8 Å². The number of aromatic amines is 2. The molecule has 2 N–H and O–H groups in total. The van der Waals surface area contributed by atoms with Gasteiger partial charge in [-0.3, -0.25) is 9.78 Å². The first-order valence-corrected chi connectivity index (χ1v) is 10.8. The molecule has 4 heterocycles. The number of ether oxygens (including phenoxy) is 2. The predicted molar refractivity (Wildman–Crippen MR) is 124 cm³/mol. The van der Waals surface area contributed by atoms with E-state index in [0.717, 1.165) is 27.0 Å². The summed E-state index contributed by atoms with van der Waals surface area (Å²) >= 11 is 12.8. The number of fused-ring (bicyclic) bond motifs is 3. The van der Waals surface area contributed by atoms with Crippen LogP contribution in [0.15, 0.2) is 34.0 Å². The monoisotopic (exact) mass is 498 g/mol. The van der Waals surface area contributed by atoms with Gasteiger partial charge in [-0.05, 0) is 23.8 Å². The maximum Gasteiger partial charge on any atom is 0.349 e. The van der Waals surface area contributed by atoms with Gasteiger partial charge in [0, 0.05) is 16.5 Å². The molecular formula is C22H16Cl2N6O4. The highest BCUT2D eigenvalue weighted by Crippen LogP contribution is 2.41. The summed E-state index contributed by atoms with van der Waals surface area (Å²) < 4.78 is 12.5. The molecule has 0 aliphatic carbocycles. The van der Waals surface area contributed by atoms with Gasteiger partial charge in [0.25, 0.3) is 5.56 Å². The largest absolute Gasteiger partial charge is 0.453 e. The van der Waals surface area contributed by atoms with E-state index in [2.05, 4.69) is 28.9 Å². The molecule has 0 fully saturated rings. The van der Waals surface area contributed by atoms with Crippen molar-refractivity contribution < 1.29 is 9.47 Å². The summed E-state index contributed by atoms with van der Waals surface area (Å²) in [4.78, 5) is 33.6. The average molecular weight is 499 g/mol. The Morgan fingerprint density at radius 2 is 1.94 bits per heavy atom. The van der Waals surface area contributed by atoms with Crippen molar-refractivity contribution in [2.24, 2.45) is 0 Å². The summed E-state index contributed by atoms with van der Waals surface area (Å²) in [6, 6.07) is 6.26. The number of hydrogen-bond donors (Lipinski definition) is 2. The smallest absolute Gasteiger partial charge is 0.349 e. The maximum atomic E-state index is 12.2. The first-order valence-electron chi connectivity index (χ1n) is 10.1. The van der Waals surface area contributed by atoms with Crippen LogP contribution in [0.2, 0.25) is 10.0 Å². The SMILES string of the molecule is CC1(C)COCc2[nH]c3ncc(Oc4c(Cl)cc(-n5nc(C#N)c(=O)[nH]c5=O)cc4Cl)cc3c21. The fraction of sp³-hybridized carbons (Fsp3) is 0.227. The highest BCUT2D eigenvalue weighted by Gasteiger charge is 2.32. The lowest BCUT2D eigenvalue weighted by molar-refractivity contribution is 0.0630. The number of nitrogens with one attached hydrogen (secondary N) is 2. The Balaban J connectivity index is 1.55. The van der Waals surface area contributed by atoms with Crippen molar-refractivity contribution in [2.45, 2.75) is 25.9 Å². The molecule has 0 amide bonds. The standard InChI is InChI=1S/C22H16Cl2N6O4/c1-22(2)9-33-8-16-17(22)12-5-11(7-26-19(12)27-16)34-18-13(23)3-10(4-14(18)24)30-21(32)28-20(31)15(6-25)29-30/h3-5,7H,8-9H2,1-2H3,(H,26,27)(H,28,31,32). The third-order valence-corrected chi connectivity index (χ3v) is 6.03. The summed E-state index contributed by atoms with van der Waals surface area (Å²) in [7, 11) is 0. The maximum absolute atomic E-state index is 12.2. The molecule has 34 heavy (non-hydrogen) atoms. The van der Waals surface area contributed by atoms with Crippen LogP contribution in [0.25, 0.3) is 16.7 Å². The zero-order chi connectivity index (χ0) is 24.2. The number of rotatable bonds is 3.